The lowest BCUT2D eigenvalue weighted by Gasteiger charge is -2.19. The van der Waals surface area contributed by atoms with Crippen LogP contribution < -0.4 is 5.32 Å². The van der Waals surface area contributed by atoms with Crippen LogP contribution in [0.25, 0.3) is 5.69 Å². The highest BCUT2D eigenvalue weighted by Gasteiger charge is 2.24. The van der Waals surface area contributed by atoms with E-state index in [4.69, 9.17) is 4.74 Å². The number of nitrogens with zero attached hydrogens (tertiary/aromatic N) is 5. The Kier molecular flexibility index (Phi) is 2.07. The van der Waals surface area contributed by atoms with Gasteiger partial charge in [-0.15, -0.1) is 10.2 Å². The van der Waals surface area contributed by atoms with E-state index in [9.17, 15) is 0 Å². The largest absolute Gasteiger partial charge is 0.381 e. The minimum absolute atomic E-state index is 0.319. The summed E-state index contributed by atoms with van der Waals surface area (Å²) in [5, 5.41) is 11.2. The van der Waals surface area contributed by atoms with Gasteiger partial charge in [0, 0.05) is 12.5 Å². The Morgan fingerprint density at radius 3 is 3.33 bits per heavy atom. The Morgan fingerprint density at radius 2 is 2.44 bits per heavy atom. The molecule has 4 heterocycles. The molecule has 1 saturated heterocycles. The molecule has 1 fully saturated rings. The summed E-state index contributed by atoms with van der Waals surface area (Å²) < 4.78 is 7.29. The number of hydrogen-bond donors (Lipinski definition) is 1. The van der Waals surface area contributed by atoms with Gasteiger partial charge in [0.05, 0.1) is 19.3 Å². The number of anilines is 1. The molecule has 0 aliphatic carbocycles. The average Bonchev–Trinajstić information content (AvgIpc) is 3.09. The Hall–Kier alpha value is -2.02. The fourth-order valence-electron chi connectivity index (χ4n) is 2.37. The maximum absolute atomic E-state index is 5.37. The number of ether oxygens (including phenoxy) is 1. The van der Waals surface area contributed by atoms with Crippen LogP contribution in [0.3, 0.4) is 0 Å². The summed E-state index contributed by atoms with van der Waals surface area (Å²) in [6.07, 6.45) is 4.52. The van der Waals surface area contributed by atoms with Crippen LogP contribution in [-0.4, -0.2) is 37.9 Å². The second-order valence-corrected chi connectivity index (χ2v) is 4.49. The first kappa shape index (κ1) is 9.95. The van der Waals surface area contributed by atoms with Crippen molar-refractivity contribution in [3.8, 4) is 5.69 Å². The molecule has 1 atom stereocenters. The number of aromatic nitrogens is 5. The number of fused-ring (bicyclic) bond motifs is 3. The first-order chi connectivity index (χ1) is 8.92. The van der Waals surface area contributed by atoms with Crippen molar-refractivity contribution in [3.05, 3.63) is 24.2 Å². The molecule has 2 aromatic heterocycles. The molecule has 0 saturated carbocycles. The highest BCUT2D eigenvalue weighted by atomic mass is 16.5. The topological polar surface area (TPSA) is 77.8 Å². The first-order valence-electron chi connectivity index (χ1n) is 5.99. The van der Waals surface area contributed by atoms with Gasteiger partial charge in [0.25, 0.3) is 0 Å². The molecular formula is C11H12N6O. The summed E-state index contributed by atoms with van der Waals surface area (Å²) >= 11 is 0. The van der Waals surface area contributed by atoms with Gasteiger partial charge in [-0.25, -0.2) is 9.97 Å². The molecule has 0 radical (unpaired) electrons. The third-order valence-corrected chi connectivity index (χ3v) is 3.37. The van der Waals surface area contributed by atoms with E-state index in [1.54, 1.807) is 6.33 Å². The number of hydrogen-bond acceptors (Lipinski definition) is 6. The molecule has 0 amide bonds. The van der Waals surface area contributed by atoms with Crippen LogP contribution in [0.15, 0.2) is 12.5 Å². The van der Waals surface area contributed by atoms with Crippen molar-refractivity contribution < 1.29 is 4.74 Å². The van der Waals surface area contributed by atoms with Crippen LogP contribution in [0.5, 0.6) is 0 Å². The molecule has 7 nitrogen and oxygen atoms in total. The number of nitrogens with one attached hydrogen (secondary N) is 1. The highest BCUT2D eigenvalue weighted by molar-refractivity contribution is 5.57. The minimum Gasteiger partial charge on any atom is -0.381 e. The van der Waals surface area contributed by atoms with Gasteiger partial charge in [-0.3, -0.25) is 4.57 Å². The second-order valence-electron chi connectivity index (χ2n) is 4.49. The molecule has 2 aliphatic heterocycles. The molecule has 0 bridgehead atoms. The van der Waals surface area contributed by atoms with Crippen molar-refractivity contribution in [3.63, 3.8) is 0 Å². The Bertz CT molecular complexity index is 589. The fourth-order valence-corrected chi connectivity index (χ4v) is 2.37. The van der Waals surface area contributed by atoms with E-state index in [-0.39, 0.29) is 0 Å². The minimum atomic E-state index is 0.319. The van der Waals surface area contributed by atoms with Crippen molar-refractivity contribution >= 4 is 5.82 Å². The summed E-state index contributed by atoms with van der Waals surface area (Å²) in [5.41, 5.74) is 0.906. The van der Waals surface area contributed by atoms with E-state index in [0.29, 0.717) is 12.5 Å². The van der Waals surface area contributed by atoms with Gasteiger partial charge in [-0.05, 0) is 6.42 Å². The lowest BCUT2D eigenvalue weighted by atomic mass is 10.1. The van der Waals surface area contributed by atoms with Gasteiger partial charge in [0.1, 0.15) is 17.8 Å². The van der Waals surface area contributed by atoms with Crippen molar-refractivity contribution in [2.24, 2.45) is 0 Å². The summed E-state index contributed by atoms with van der Waals surface area (Å²) in [6, 6.07) is 0. The zero-order valence-electron chi connectivity index (χ0n) is 9.70. The average molecular weight is 244 g/mol. The molecule has 2 aliphatic rings. The molecule has 18 heavy (non-hydrogen) atoms. The maximum Gasteiger partial charge on any atom is 0.156 e. The molecule has 0 spiro atoms. The van der Waals surface area contributed by atoms with E-state index < -0.39 is 0 Å². The van der Waals surface area contributed by atoms with Crippen LogP contribution in [-0.2, 0) is 11.3 Å². The molecule has 2 aromatic rings. The van der Waals surface area contributed by atoms with Crippen molar-refractivity contribution in [2.75, 3.05) is 18.5 Å². The summed E-state index contributed by atoms with van der Waals surface area (Å²) in [7, 11) is 0. The van der Waals surface area contributed by atoms with E-state index in [1.165, 1.54) is 0 Å². The molecule has 1 unspecified atom stereocenters. The van der Waals surface area contributed by atoms with E-state index in [2.05, 4.69) is 25.5 Å². The molecule has 92 valence electrons. The lowest BCUT2D eigenvalue weighted by Crippen LogP contribution is -2.18. The smallest absolute Gasteiger partial charge is 0.156 e. The van der Waals surface area contributed by atoms with E-state index >= 15 is 0 Å². The van der Waals surface area contributed by atoms with Gasteiger partial charge in [-0.1, -0.05) is 0 Å². The van der Waals surface area contributed by atoms with Crippen LogP contribution in [0.2, 0.25) is 0 Å². The quantitative estimate of drug-likeness (QED) is 0.786. The van der Waals surface area contributed by atoms with Gasteiger partial charge < -0.3 is 10.1 Å². The molecule has 4 rings (SSSR count). The normalized spacial score (nSPS) is 21.2. The van der Waals surface area contributed by atoms with Crippen LogP contribution >= 0.6 is 0 Å². The lowest BCUT2D eigenvalue weighted by molar-refractivity contribution is 0.193. The van der Waals surface area contributed by atoms with Gasteiger partial charge in [0.15, 0.2) is 11.6 Å². The third kappa shape index (κ3) is 1.40. The molecular weight excluding hydrogens is 232 g/mol. The first-order valence-corrected chi connectivity index (χ1v) is 5.99. The fraction of sp³-hybridized carbons (Fsp3) is 0.455. The predicted molar refractivity (Wildman–Crippen MR) is 62.5 cm³/mol. The summed E-state index contributed by atoms with van der Waals surface area (Å²) in [6.45, 7) is 2.16. The molecule has 7 heteroatoms. The van der Waals surface area contributed by atoms with Crippen LogP contribution in [0.4, 0.5) is 5.82 Å². The standard InChI is InChI=1S/C11H12N6O/c1-2-18-5-7(1)10-12-3-8-11(15-10)13-4-9-16-14-6-17(8)9/h3,6-7H,1-2,4-5H2,(H,12,13,15). The van der Waals surface area contributed by atoms with Crippen molar-refractivity contribution in [2.45, 2.75) is 18.9 Å². The van der Waals surface area contributed by atoms with Crippen molar-refractivity contribution in [1.29, 1.82) is 0 Å². The van der Waals surface area contributed by atoms with Crippen LogP contribution in [0.1, 0.15) is 24.0 Å². The molecule has 1 N–H and O–H groups in total. The summed E-state index contributed by atoms with van der Waals surface area (Å²) in [4.78, 5) is 9.04. The summed E-state index contributed by atoms with van der Waals surface area (Å²) in [5.74, 6) is 2.90. The van der Waals surface area contributed by atoms with Gasteiger partial charge in [0.2, 0.25) is 0 Å². The SMILES string of the molecule is c1nc(C2CCOC2)nc2c1-n1cnnc1CN2. The maximum atomic E-state index is 5.37. The monoisotopic (exact) mass is 244 g/mol. The zero-order valence-corrected chi connectivity index (χ0v) is 9.70. The van der Waals surface area contributed by atoms with Gasteiger partial charge in [-0.2, -0.15) is 0 Å². The van der Waals surface area contributed by atoms with Gasteiger partial charge >= 0.3 is 0 Å². The predicted octanol–water partition coefficient (Wildman–Crippen LogP) is 0.487. The molecule has 0 aromatic carbocycles. The van der Waals surface area contributed by atoms with E-state index in [1.807, 2.05) is 10.8 Å². The Labute approximate surface area is 103 Å². The Balaban J connectivity index is 1.77. The Morgan fingerprint density at radius 1 is 1.44 bits per heavy atom. The highest BCUT2D eigenvalue weighted by Crippen LogP contribution is 2.27. The number of rotatable bonds is 1. The zero-order chi connectivity index (χ0) is 11.9. The van der Waals surface area contributed by atoms with Crippen molar-refractivity contribution in [1.82, 2.24) is 24.7 Å². The third-order valence-electron chi connectivity index (χ3n) is 3.37. The van der Waals surface area contributed by atoms with Crippen LogP contribution in [0, 0.1) is 0 Å². The second kappa shape index (κ2) is 3.74. The van der Waals surface area contributed by atoms with E-state index in [0.717, 1.165) is 42.8 Å².